The Morgan fingerprint density at radius 3 is 2.31 bits per heavy atom. The molecule has 4 nitrogen and oxygen atoms in total. The number of likely N-dealkylation sites (tertiary alicyclic amines) is 1. The van der Waals surface area contributed by atoms with Gasteiger partial charge in [-0.15, -0.1) is 0 Å². The topological polar surface area (TPSA) is 56.5 Å². The molecule has 3 aliphatic rings. The van der Waals surface area contributed by atoms with Crippen molar-refractivity contribution in [3.05, 3.63) is 101 Å². The molecule has 0 aromatic heterocycles. The van der Waals surface area contributed by atoms with Crippen LogP contribution in [0.1, 0.15) is 84.3 Å². The first kappa shape index (κ1) is 25.7. The number of unbranched alkanes of at least 4 members (excludes halogenated alkanes) is 1. The minimum Gasteiger partial charge on any atom is -0.339 e. The smallest absolute Gasteiger partial charge is 0.253 e. The molecule has 2 aliphatic heterocycles. The standard InChI is InChI=1S/C34H36FN3O/c35-28-8-5-7-27(22-28)32(36)24-14-16-26(17-15-24)34(39)38-20-18-25(19-21-38)33-30(10-2-1-6-23-12-13-23)29-9-3-4-11-31(29)37-33/h3-5,7-9,11,14-17,22-23,25,30,36H,1-2,6,10,12-13,18-21H2. The highest BCUT2D eigenvalue weighted by atomic mass is 19.1. The average Bonchev–Trinajstić information content (AvgIpc) is 3.74. The van der Waals surface area contributed by atoms with Crippen molar-refractivity contribution in [3.63, 3.8) is 0 Å². The Kier molecular flexibility index (Phi) is 7.40. The van der Waals surface area contributed by atoms with Crippen LogP contribution in [-0.4, -0.2) is 35.3 Å². The van der Waals surface area contributed by atoms with E-state index in [1.54, 1.807) is 36.4 Å². The van der Waals surface area contributed by atoms with Crippen molar-refractivity contribution in [2.75, 3.05) is 13.1 Å². The maximum atomic E-state index is 13.6. The summed E-state index contributed by atoms with van der Waals surface area (Å²) in [5.74, 6) is 1.51. The fourth-order valence-electron chi connectivity index (χ4n) is 6.28. The zero-order chi connectivity index (χ0) is 26.8. The molecule has 0 bridgehead atoms. The molecule has 5 heteroatoms. The lowest BCUT2D eigenvalue weighted by Gasteiger charge is -2.33. The molecule has 6 rings (SSSR count). The van der Waals surface area contributed by atoms with Gasteiger partial charge in [-0.25, -0.2) is 4.39 Å². The lowest BCUT2D eigenvalue weighted by Crippen LogP contribution is -2.40. The molecule has 200 valence electrons. The summed E-state index contributed by atoms with van der Waals surface area (Å²) in [6.07, 6.45) is 9.90. The summed E-state index contributed by atoms with van der Waals surface area (Å²) in [4.78, 5) is 20.4. The van der Waals surface area contributed by atoms with E-state index < -0.39 is 0 Å². The van der Waals surface area contributed by atoms with E-state index in [9.17, 15) is 9.18 Å². The third-order valence-corrected chi connectivity index (χ3v) is 8.71. The van der Waals surface area contributed by atoms with Crippen LogP contribution in [0.25, 0.3) is 0 Å². The summed E-state index contributed by atoms with van der Waals surface area (Å²) in [5, 5.41) is 8.41. The van der Waals surface area contributed by atoms with Crippen LogP contribution >= 0.6 is 0 Å². The van der Waals surface area contributed by atoms with E-state index in [1.165, 1.54) is 61.9 Å². The van der Waals surface area contributed by atoms with E-state index in [0.29, 0.717) is 28.5 Å². The first-order valence-electron chi connectivity index (χ1n) is 14.5. The number of nitrogens with one attached hydrogen (secondary N) is 1. The average molecular weight is 522 g/mol. The van der Waals surface area contributed by atoms with E-state index in [1.807, 2.05) is 4.90 Å². The van der Waals surface area contributed by atoms with Crippen LogP contribution in [0.2, 0.25) is 0 Å². The molecule has 0 radical (unpaired) electrons. The van der Waals surface area contributed by atoms with Crippen molar-refractivity contribution >= 4 is 23.0 Å². The highest BCUT2D eigenvalue weighted by molar-refractivity contribution is 6.11. The Morgan fingerprint density at radius 2 is 1.56 bits per heavy atom. The normalized spacial score (nSPS) is 19.1. The molecule has 39 heavy (non-hydrogen) atoms. The highest BCUT2D eigenvalue weighted by Crippen LogP contribution is 2.43. The SMILES string of the molecule is N=C(c1ccc(C(=O)N2CCC(C3=Nc4ccccc4C3CCCCC3CC3)CC2)cc1)c1cccc(F)c1. The molecule has 1 atom stereocenters. The van der Waals surface area contributed by atoms with Gasteiger partial charge >= 0.3 is 0 Å². The zero-order valence-corrected chi connectivity index (χ0v) is 22.4. The van der Waals surface area contributed by atoms with Crippen LogP contribution in [0.3, 0.4) is 0 Å². The number of para-hydroxylation sites is 1. The number of rotatable bonds is 9. The van der Waals surface area contributed by atoms with Gasteiger partial charge in [-0.3, -0.25) is 15.2 Å². The molecule has 1 amide bonds. The number of halogens is 1. The Bertz CT molecular complexity index is 1380. The monoisotopic (exact) mass is 521 g/mol. The van der Waals surface area contributed by atoms with Gasteiger partial charge in [0.2, 0.25) is 0 Å². The number of amides is 1. The first-order valence-corrected chi connectivity index (χ1v) is 14.5. The third-order valence-electron chi connectivity index (χ3n) is 8.71. The molecule has 1 unspecified atom stereocenters. The number of piperidine rings is 1. The van der Waals surface area contributed by atoms with E-state index >= 15 is 0 Å². The second-order valence-electron chi connectivity index (χ2n) is 11.4. The molecule has 2 fully saturated rings. The van der Waals surface area contributed by atoms with Gasteiger partial charge in [0.25, 0.3) is 5.91 Å². The summed E-state index contributed by atoms with van der Waals surface area (Å²) in [6, 6.07) is 21.8. The van der Waals surface area contributed by atoms with Crippen molar-refractivity contribution in [1.82, 2.24) is 4.90 Å². The van der Waals surface area contributed by atoms with Crippen LogP contribution in [0, 0.1) is 23.1 Å². The molecule has 2 heterocycles. The predicted molar refractivity (Wildman–Crippen MR) is 155 cm³/mol. The van der Waals surface area contributed by atoms with Crippen molar-refractivity contribution in [2.24, 2.45) is 16.8 Å². The van der Waals surface area contributed by atoms with Crippen molar-refractivity contribution in [3.8, 4) is 0 Å². The van der Waals surface area contributed by atoms with Gasteiger partial charge in [0.05, 0.1) is 11.4 Å². The van der Waals surface area contributed by atoms with Gasteiger partial charge in [-0.1, -0.05) is 74.6 Å². The number of carbonyl (C=O) groups is 1. The van der Waals surface area contributed by atoms with E-state index in [-0.39, 0.29) is 17.4 Å². The molecule has 3 aromatic rings. The Hall–Kier alpha value is -3.60. The molecule has 0 spiro atoms. The molecule has 1 saturated heterocycles. The molecule has 1 N–H and O–H groups in total. The van der Waals surface area contributed by atoms with Crippen LogP contribution < -0.4 is 0 Å². The summed E-state index contributed by atoms with van der Waals surface area (Å²) in [7, 11) is 0. The van der Waals surface area contributed by atoms with Crippen molar-refractivity contribution < 1.29 is 9.18 Å². The predicted octanol–water partition coefficient (Wildman–Crippen LogP) is 7.93. The van der Waals surface area contributed by atoms with Crippen LogP contribution in [0.4, 0.5) is 10.1 Å². The zero-order valence-electron chi connectivity index (χ0n) is 22.4. The van der Waals surface area contributed by atoms with Crippen LogP contribution in [0.5, 0.6) is 0 Å². The number of carbonyl (C=O) groups excluding carboxylic acids is 1. The Balaban J connectivity index is 1.07. The number of nitrogens with zero attached hydrogens (tertiary/aromatic N) is 2. The highest BCUT2D eigenvalue weighted by Gasteiger charge is 2.35. The summed E-state index contributed by atoms with van der Waals surface area (Å²) in [6.45, 7) is 1.46. The minimum atomic E-state index is -0.361. The fraction of sp³-hybridized carbons (Fsp3) is 0.382. The summed E-state index contributed by atoms with van der Waals surface area (Å²) < 4.78 is 13.6. The fourth-order valence-corrected chi connectivity index (χ4v) is 6.28. The van der Waals surface area contributed by atoms with Gasteiger partial charge < -0.3 is 4.90 Å². The minimum absolute atomic E-state index is 0.0329. The molecule has 3 aromatic carbocycles. The van der Waals surface area contributed by atoms with Crippen LogP contribution in [-0.2, 0) is 0 Å². The largest absolute Gasteiger partial charge is 0.339 e. The van der Waals surface area contributed by atoms with Crippen molar-refractivity contribution in [2.45, 2.75) is 57.3 Å². The second-order valence-corrected chi connectivity index (χ2v) is 11.4. The summed E-state index contributed by atoms with van der Waals surface area (Å²) in [5.41, 5.74) is 5.93. The molecule has 1 saturated carbocycles. The number of fused-ring (bicyclic) bond motifs is 1. The van der Waals surface area contributed by atoms with Crippen LogP contribution in [0.15, 0.2) is 77.8 Å². The maximum absolute atomic E-state index is 13.6. The Labute approximate surface area is 230 Å². The van der Waals surface area contributed by atoms with E-state index in [4.69, 9.17) is 10.4 Å². The van der Waals surface area contributed by atoms with E-state index in [2.05, 4.69) is 24.3 Å². The number of aliphatic imine (C=N–C) groups is 1. The van der Waals surface area contributed by atoms with Gasteiger partial charge in [-0.05, 0) is 61.1 Å². The number of benzene rings is 3. The number of hydrogen-bond donors (Lipinski definition) is 1. The Morgan fingerprint density at radius 1 is 0.846 bits per heavy atom. The van der Waals surface area contributed by atoms with Gasteiger partial charge in [0.15, 0.2) is 0 Å². The maximum Gasteiger partial charge on any atom is 0.253 e. The second kappa shape index (κ2) is 11.3. The van der Waals surface area contributed by atoms with E-state index in [0.717, 1.165) is 37.5 Å². The van der Waals surface area contributed by atoms with Gasteiger partial charge in [0, 0.05) is 47.3 Å². The first-order chi connectivity index (χ1) is 19.1. The molecular formula is C34H36FN3O. The van der Waals surface area contributed by atoms with Gasteiger partial charge in [-0.2, -0.15) is 0 Å². The quantitative estimate of drug-likeness (QED) is 0.226. The third kappa shape index (κ3) is 5.73. The molecular weight excluding hydrogens is 485 g/mol. The van der Waals surface area contributed by atoms with Crippen molar-refractivity contribution in [1.29, 1.82) is 5.41 Å². The lowest BCUT2D eigenvalue weighted by atomic mass is 9.80. The molecule has 1 aliphatic carbocycles. The van der Waals surface area contributed by atoms with Gasteiger partial charge in [0.1, 0.15) is 5.82 Å². The number of hydrogen-bond acceptors (Lipinski definition) is 3. The summed E-state index contributed by atoms with van der Waals surface area (Å²) >= 11 is 0. The lowest BCUT2D eigenvalue weighted by molar-refractivity contribution is 0.0709.